The third kappa shape index (κ3) is 3.32. The van der Waals surface area contributed by atoms with E-state index in [9.17, 15) is 4.79 Å². The monoisotopic (exact) mass is 250 g/mol. The molecule has 1 N–H and O–H groups in total. The largest absolute Gasteiger partial charge is 0.471 e. The van der Waals surface area contributed by atoms with E-state index in [1.165, 1.54) is 0 Å². The Morgan fingerprint density at radius 1 is 1.67 bits per heavy atom. The first-order chi connectivity index (χ1) is 8.79. The third-order valence-corrected chi connectivity index (χ3v) is 2.83. The zero-order chi connectivity index (χ0) is 12.8. The average molecular weight is 250 g/mol. The molecule has 1 fully saturated rings. The van der Waals surface area contributed by atoms with E-state index in [0.29, 0.717) is 19.0 Å². The van der Waals surface area contributed by atoms with Gasteiger partial charge in [0.05, 0.1) is 6.54 Å². The highest BCUT2D eigenvalue weighted by Crippen LogP contribution is 2.15. The van der Waals surface area contributed by atoms with Crippen molar-refractivity contribution in [1.82, 2.24) is 20.4 Å². The fraction of sp³-hybridized carbons (Fsp3) is 0.583. The van der Waals surface area contributed by atoms with Crippen molar-refractivity contribution in [3.63, 3.8) is 0 Å². The highest BCUT2D eigenvalue weighted by Gasteiger charge is 2.24. The van der Waals surface area contributed by atoms with Crippen LogP contribution >= 0.6 is 0 Å². The van der Waals surface area contributed by atoms with E-state index >= 15 is 0 Å². The molecule has 0 radical (unpaired) electrons. The van der Waals surface area contributed by atoms with Gasteiger partial charge in [-0.05, 0) is 25.8 Å². The van der Waals surface area contributed by atoms with Gasteiger partial charge in [0.15, 0.2) is 0 Å². The van der Waals surface area contributed by atoms with Crippen molar-refractivity contribution >= 4 is 6.03 Å². The topological polar surface area (TPSA) is 67.4 Å². The van der Waals surface area contributed by atoms with Crippen molar-refractivity contribution in [2.24, 2.45) is 0 Å². The summed E-state index contributed by atoms with van der Waals surface area (Å²) in [5, 5.41) is 10.5. The van der Waals surface area contributed by atoms with Gasteiger partial charge < -0.3 is 15.0 Å². The van der Waals surface area contributed by atoms with Crippen LogP contribution in [-0.4, -0.2) is 46.9 Å². The molecule has 2 amide bonds. The summed E-state index contributed by atoms with van der Waals surface area (Å²) in [6.07, 6.45) is 3.49. The van der Waals surface area contributed by atoms with Crippen LogP contribution in [0.2, 0.25) is 0 Å². The number of hydrogen-bond donors (Lipinski definition) is 1. The highest BCUT2D eigenvalue weighted by molar-refractivity contribution is 5.74. The van der Waals surface area contributed by atoms with Crippen molar-refractivity contribution in [3.05, 3.63) is 18.3 Å². The van der Waals surface area contributed by atoms with Gasteiger partial charge >= 0.3 is 6.03 Å². The maximum atomic E-state index is 11.7. The molecule has 1 saturated heterocycles. The van der Waals surface area contributed by atoms with Crippen molar-refractivity contribution in [3.8, 4) is 5.88 Å². The Hall–Kier alpha value is -1.85. The zero-order valence-corrected chi connectivity index (χ0v) is 10.5. The molecule has 98 valence electrons. The third-order valence-electron chi connectivity index (χ3n) is 2.83. The van der Waals surface area contributed by atoms with E-state index < -0.39 is 0 Å². The van der Waals surface area contributed by atoms with Crippen LogP contribution in [0.3, 0.4) is 0 Å². The SMILES string of the molecule is CCNC(=O)N1CCCC(Oc2cccnn2)C1. The van der Waals surface area contributed by atoms with Crippen molar-refractivity contribution in [2.45, 2.75) is 25.9 Å². The molecule has 0 aliphatic carbocycles. The van der Waals surface area contributed by atoms with E-state index in [0.717, 1.165) is 19.4 Å². The van der Waals surface area contributed by atoms with E-state index in [4.69, 9.17) is 4.74 Å². The molecule has 2 rings (SSSR count). The minimum absolute atomic E-state index is 0.00180. The summed E-state index contributed by atoms with van der Waals surface area (Å²) in [6.45, 7) is 3.94. The lowest BCUT2D eigenvalue weighted by atomic mass is 10.1. The number of nitrogens with one attached hydrogen (secondary N) is 1. The van der Waals surface area contributed by atoms with Crippen LogP contribution in [0.5, 0.6) is 5.88 Å². The number of hydrogen-bond acceptors (Lipinski definition) is 4. The van der Waals surface area contributed by atoms with Gasteiger partial charge in [0.1, 0.15) is 6.10 Å². The predicted molar refractivity (Wildman–Crippen MR) is 66.3 cm³/mol. The van der Waals surface area contributed by atoms with Crippen LogP contribution in [0.15, 0.2) is 18.3 Å². The van der Waals surface area contributed by atoms with Crippen LogP contribution in [-0.2, 0) is 0 Å². The summed E-state index contributed by atoms with van der Waals surface area (Å²) < 4.78 is 5.72. The predicted octanol–water partition coefficient (Wildman–Crippen LogP) is 1.05. The van der Waals surface area contributed by atoms with Gasteiger partial charge in [-0.2, -0.15) is 5.10 Å². The summed E-state index contributed by atoms with van der Waals surface area (Å²) in [6, 6.07) is 3.54. The Bertz CT molecular complexity index is 385. The molecule has 6 nitrogen and oxygen atoms in total. The average Bonchev–Trinajstić information content (AvgIpc) is 2.40. The Labute approximate surface area is 106 Å². The van der Waals surface area contributed by atoms with Gasteiger partial charge in [-0.1, -0.05) is 0 Å². The molecule has 1 aliphatic heterocycles. The molecule has 18 heavy (non-hydrogen) atoms. The Morgan fingerprint density at radius 2 is 2.56 bits per heavy atom. The first-order valence-corrected chi connectivity index (χ1v) is 6.26. The highest BCUT2D eigenvalue weighted by atomic mass is 16.5. The van der Waals surface area contributed by atoms with Gasteiger partial charge in [-0.3, -0.25) is 0 Å². The first kappa shape index (κ1) is 12.6. The minimum Gasteiger partial charge on any atom is -0.471 e. The maximum absolute atomic E-state index is 11.7. The molecule has 6 heteroatoms. The quantitative estimate of drug-likeness (QED) is 0.870. The van der Waals surface area contributed by atoms with E-state index in [-0.39, 0.29) is 12.1 Å². The fourth-order valence-electron chi connectivity index (χ4n) is 2.00. The number of aromatic nitrogens is 2. The van der Waals surface area contributed by atoms with Gasteiger partial charge in [0.25, 0.3) is 0 Å². The molecule has 1 unspecified atom stereocenters. The molecule has 1 atom stereocenters. The minimum atomic E-state index is -0.0232. The van der Waals surface area contributed by atoms with Crippen molar-refractivity contribution in [1.29, 1.82) is 0 Å². The lowest BCUT2D eigenvalue weighted by molar-refractivity contribution is 0.0972. The number of nitrogens with zero attached hydrogens (tertiary/aromatic N) is 3. The van der Waals surface area contributed by atoms with Crippen LogP contribution in [0.25, 0.3) is 0 Å². The van der Waals surface area contributed by atoms with Crippen LogP contribution < -0.4 is 10.1 Å². The molecule has 0 bridgehead atoms. The molecule has 1 aromatic rings. The molecule has 1 aromatic heterocycles. The van der Waals surface area contributed by atoms with Gasteiger partial charge in [-0.15, -0.1) is 5.10 Å². The number of carbonyl (C=O) groups excluding carboxylic acids is 1. The normalized spacial score (nSPS) is 19.4. The molecule has 2 heterocycles. The van der Waals surface area contributed by atoms with E-state index in [1.807, 2.05) is 6.92 Å². The lowest BCUT2D eigenvalue weighted by Crippen LogP contribution is -2.48. The van der Waals surface area contributed by atoms with Crippen LogP contribution in [0.4, 0.5) is 4.79 Å². The fourth-order valence-corrected chi connectivity index (χ4v) is 2.00. The second-order valence-electron chi connectivity index (χ2n) is 4.23. The number of piperidine rings is 1. The second kappa shape index (κ2) is 6.18. The molecule has 0 spiro atoms. The summed E-state index contributed by atoms with van der Waals surface area (Å²) in [4.78, 5) is 13.5. The maximum Gasteiger partial charge on any atom is 0.317 e. The van der Waals surface area contributed by atoms with Gasteiger partial charge in [0.2, 0.25) is 5.88 Å². The van der Waals surface area contributed by atoms with Crippen LogP contribution in [0.1, 0.15) is 19.8 Å². The number of likely N-dealkylation sites (tertiary alicyclic amines) is 1. The summed E-state index contributed by atoms with van der Waals surface area (Å²) in [7, 11) is 0. The number of amides is 2. The number of urea groups is 1. The van der Waals surface area contributed by atoms with Gasteiger partial charge in [-0.25, -0.2) is 4.79 Å². The molecule has 0 aromatic carbocycles. The number of carbonyl (C=O) groups is 1. The Morgan fingerprint density at radius 3 is 3.28 bits per heavy atom. The number of ether oxygens (including phenoxy) is 1. The summed E-state index contributed by atoms with van der Waals surface area (Å²) in [5.41, 5.74) is 0. The standard InChI is InChI=1S/C12H18N4O2/c1-2-13-12(17)16-8-4-5-10(9-16)18-11-6-3-7-14-15-11/h3,6-7,10H,2,4-5,8-9H2,1H3,(H,13,17). The van der Waals surface area contributed by atoms with Crippen molar-refractivity contribution < 1.29 is 9.53 Å². The van der Waals surface area contributed by atoms with Gasteiger partial charge in [0, 0.05) is 25.4 Å². The first-order valence-electron chi connectivity index (χ1n) is 6.26. The van der Waals surface area contributed by atoms with E-state index in [1.54, 1.807) is 23.2 Å². The number of rotatable bonds is 3. The molecular formula is C12H18N4O2. The summed E-state index contributed by atoms with van der Waals surface area (Å²) in [5.74, 6) is 0.514. The Kier molecular flexibility index (Phi) is 4.33. The Balaban J connectivity index is 1.89. The summed E-state index contributed by atoms with van der Waals surface area (Å²) >= 11 is 0. The van der Waals surface area contributed by atoms with Crippen molar-refractivity contribution in [2.75, 3.05) is 19.6 Å². The molecular weight excluding hydrogens is 232 g/mol. The van der Waals surface area contributed by atoms with E-state index in [2.05, 4.69) is 15.5 Å². The smallest absolute Gasteiger partial charge is 0.317 e. The molecule has 0 saturated carbocycles. The zero-order valence-electron chi connectivity index (χ0n) is 10.5. The molecule has 1 aliphatic rings. The lowest BCUT2D eigenvalue weighted by Gasteiger charge is -2.32. The second-order valence-corrected chi connectivity index (χ2v) is 4.23. The van der Waals surface area contributed by atoms with Crippen LogP contribution in [0, 0.1) is 0 Å².